The molecule has 2 heterocycles. The fourth-order valence-corrected chi connectivity index (χ4v) is 3.74. The van der Waals surface area contributed by atoms with Crippen LogP contribution in [0.2, 0.25) is 0 Å². The second-order valence-electron chi connectivity index (χ2n) is 6.71. The van der Waals surface area contributed by atoms with Crippen molar-refractivity contribution in [1.29, 1.82) is 0 Å². The molecule has 2 atom stereocenters. The second kappa shape index (κ2) is 7.01. The van der Waals surface area contributed by atoms with Crippen LogP contribution >= 0.6 is 11.3 Å². The molecule has 1 fully saturated rings. The second-order valence-corrected chi connectivity index (χ2v) is 7.65. The van der Waals surface area contributed by atoms with Crippen LogP contribution in [-0.4, -0.2) is 30.3 Å². The molecule has 3 nitrogen and oxygen atoms in total. The monoisotopic (exact) mass is 296 g/mol. The van der Waals surface area contributed by atoms with Crippen molar-refractivity contribution in [2.45, 2.75) is 70.9 Å². The average molecular weight is 296 g/mol. The van der Waals surface area contributed by atoms with E-state index in [1.807, 2.05) is 0 Å². The van der Waals surface area contributed by atoms with Crippen LogP contribution in [-0.2, 0) is 16.6 Å². The summed E-state index contributed by atoms with van der Waals surface area (Å²) in [6.45, 7) is 10.8. The Hall–Kier alpha value is -0.450. The van der Waals surface area contributed by atoms with E-state index >= 15 is 0 Å². The number of thiazole rings is 1. The van der Waals surface area contributed by atoms with Crippen molar-refractivity contribution in [3.8, 4) is 0 Å². The van der Waals surface area contributed by atoms with Gasteiger partial charge in [-0.15, -0.1) is 11.3 Å². The molecule has 1 aromatic heterocycles. The molecule has 1 saturated heterocycles. The Morgan fingerprint density at radius 2 is 2.30 bits per heavy atom. The lowest BCUT2D eigenvalue weighted by atomic mass is 9.93. The molecule has 0 spiro atoms. The summed E-state index contributed by atoms with van der Waals surface area (Å²) in [4.78, 5) is 4.82. The highest BCUT2D eigenvalue weighted by Crippen LogP contribution is 2.25. The minimum atomic E-state index is 0.150. The molecule has 1 aromatic rings. The van der Waals surface area contributed by atoms with Crippen LogP contribution in [0.15, 0.2) is 5.38 Å². The molecular formula is C16H28N2OS. The molecule has 0 bridgehead atoms. The molecule has 2 rings (SSSR count). The average Bonchev–Trinajstić information content (AvgIpc) is 2.99. The van der Waals surface area contributed by atoms with Crippen LogP contribution in [0.4, 0.5) is 0 Å². The predicted octanol–water partition coefficient (Wildman–Crippen LogP) is 3.53. The number of nitrogens with one attached hydrogen (secondary N) is 1. The fraction of sp³-hybridized carbons (Fsp3) is 0.812. The van der Waals surface area contributed by atoms with E-state index in [1.54, 1.807) is 11.3 Å². The highest BCUT2D eigenvalue weighted by molar-refractivity contribution is 7.09. The summed E-state index contributed by atoms with van der Waals surface area (Å²) in [5.74, 6) is 0. The van der Waals surface area contributed by atoms with Gasteiger partial charge in [0.05, 0.1) is 16.8 Å². The van der Waals surface area contributed by atoms with Crippen molar-refractivity contribution in [3.05, 3.63) is 16.1 Å². The first-order chi connectivity index (χ1) is 9.49. The Morgan fingerprint density at radius 3 is 2.85 bits per heavy atom. The van der Waals surface area contributed by atoms with Crippen molar-refractivity contribution >= 4 is 11.3 Å². The van der Waals surface area contributed by atoms with Gasteiger partial charge in [0.1, 0.15) is 0 Å². The number of hydrogen-bond donors (Lipinski definition) is 1. The highest BCUT2D eigenvalue weighted by atomic mass is 32.1. The van der Waals surface area contributed by atoms with Gasteiger partial charge in [0.15, 0.2) is 0 Å². The molecule has 1 aliphatic heterocycles. The quantitative estimate of drug-likeness (QED) is 0.872. The van der Waals surface area contributed by atoms with Gasteiger partial charge < -0.3 is 10.1 Å². The lowest BCUT2D eigenvalue weighted by Gasteiger charge is -2.20. The lowest BCUT2D eigenvalue weighted by Crippen LogP contribution is -2.34. The predicted molar refractivity (Wildman–Crippen MR) is 85.6 cm³/mol. The van der Waals surface area contributed by atoms with Crippen molar-refractivity contribution in [2.75, 3.05) is 13.2 Å². The minimum absolute atomic E-state index is 0.150. The molecule has 1 aliphatic rings. The van der Waals surface area contributed by atoms with Crippen LogP contribution in [0.3, 0.4) is 0 Å². The first kappa shape index (κ1) is 15.9. The third kappa shape index (κ3) is 4.54. The largest absolute Gasteiger partial charge is 0.378 e. The number of rotatable bonds is 6. The Bertz CT molecular complexity index is 405. The van der Waals surface area contributed by atoms with E-state index in [1.165, 1.54) is 23.5 Å². The van der Waals surface area contributed by atoms with Gasteiger partial charge in [-0.05, 0) is 25.8 Å². The number of likely N-dealkylation sites (N-methyl/N-ethyl adjacent to an activating group) is 1. The van der Waals surface area contributed by atoms with Crippen molar-refractivity contribution in [3.63, 3.8) is 0 Å². The summed E-state index contributed by atoms with van der Waals surface area (Å²) in [5, 5.41) is 7.05. The van der Waals surface area contributed by atoms with E-state index in [9.17, 15) is 0 Å². The molecule has 114 valence electrons. The normalized spacial score (nSPS) is 21.3. The van der Waals surface area contributed by atoms with Gasteiger partial charge >= 0.3 is 0 Å². The Balaban J connectivity index is 1.94. The number of hydrogen-bond acceptors (Lipinski definition) is 4. The van der Waals surface area contributed by atoms with Crippen molar-refractivity contribution in [1.82, 2.24) is 10.3 Å². The molecule has 20 heavy (non-hydrogen) atoms. The van der Waals surface area contributed by atoms with Gasteiger partial charge in [-0.25, -0.2) is 4.98 Å². The molecule has 0 aromatic carbocycles. The smallest absolute Gasteiger partial charge is 0.0944 e. The molecule has 0 amide bonds. The maximum absolute atomic E-state index is 5.77. The molecule has 1 N–H and O–H groups in total. The van der Waals surface area contributed by atoms with E-state index < -0.39 is 0 Å². The van der Waals surface area contributed by atoms with E-state index in [4.69, 9.17) is 9.72 Å². The van der Waals surface area contributed by atoms with Crippen LogP contribution in [0.25, 0.3) is 0 Å². The van der Waals surface area contributed by atoms with Crippen molar-refractivity contribution in [2.24, 2.45) is 0 Å². The third-order valence-electron chi connectivity index (χ3n) is 3.81. The van der Waals surface area contributed by atoms with Crippen LogP contribution in [0, 0.1) is 0 Å². The zero-order chi connectivity index (χ0) is 14.6. The first-order valence-corrected chi connectivity index (χ1v) is 8.67. The zero-order valence-corrected chi connectivity index (χ0v) is 14.1. The Labute approximate surface area is 127 Å². The molecule has 4 heteroatoms. The van der Waals surface area contributed by atoms with Gasteiger partial charge in [-0.2, -0.15) is 0 Å². The van der Waals surface area contributed by atoms with E-state index in [0.717, 1.165) is 26.0 Å². The summed E-state index contributed by atoms with van der Waals surface area (Å²) in [6, 6.07) is 0.488. The first-order valence-electron chi connectivity index (χ1n) is 7.79. The van der Waals surface area contributed by atoms with Gasteiger partial charge in [0, 0.05) is 29.9 Å². The van der Waals surface area contributed by atoms with Gasteiger partial charge in [0.25, 0.3) is 0 Å². The highest BCUT2D eigenvalue weighted by Gasteiger charge is 2.23. The van der Waals surface area contributed by atoms with Gasteiger partial charge in [0.2, 0.25) is 0 Å². The van der Waals surface area contributed by atoms with Gasteiger partial charge in [-0.1, -0.05) is 27.7 Å². The maximum atomic E-state index is 5.77. The summed E-state index contributed by atoms with van der Waals surface area (Å²) in [7, 11) is 0. The topological polar surface area (TPSA) is 34.2 Å². The summed E-state index contributed by atoms with van der Waals surface area (Å²) >= 11 is 1.80. The Kier molecular flexibility index (Phi) is 5.58. The number of aromatic nitrogens is 1. The summed E-state index contributed by atoms with van der Waals surface area (Å²) in [6.07, 6.45) is 5.01. The molecule has 0 aliphatic carbocycles. The molecule has 2 unspecified atom stereocenters. The molecule has 0 radical (unpaired) electrons. The third-order valence-corrected chi connectivity index (χ3v) is 4.68. The fourth-order valence-electron chi connectivity index (χ4n) is 2.63. The van der Waals surface area contributed by atoms with Crippen molar-refractivity contribution < 1.29 is 4.74 Å². The SMILES string of the molecule is CCNC(Cc1nc(C(C)(C)C)cs1)CC1CCCO1. The lowest BCUT2D eigenvalue weighted by molar-refractivity contribution is 0.0947. The van der Waals surface area contributed by atoms with Crippen LogP contribution < -0.4 is 5.32 Å². The van der Waals surface area contributed by atoms with E-state index in [0.29, 0.717) is 12.1 Å². The van der Waals surface area contributed by atoms with Gasteiger partial charge in [-0.3, -0.25) is 0 Å². The molecular weight excluding hydrogens is 268 g/mol. The molecule has 0 saturated carbocycles. The summed E-state index contributed by atoms with van der Waals surface area (Å²) in [5.41, 5.74) is 1.36. The van der Waals surface area contributed by atoms with E-state index in [2.05, 4.69) is 38.4 Å². The van der Waals surface area contributed by atoms with Crippen LogP contribution in [0.5, 0.6) is 0 Å². The standard InChI is InChI=1S/C16H28N2OS/c1-5-17-12(9-13-7-6-8-19-13)10-15-18-14(11-20-15)16(2,3)4/h11-13,17H,5-10H2,1-4H3. The summed E-state index contributed by atoms with van der Waals surface area (Å²) < 4.78 is 5.77. The number of nitrogens with zero attached hydrogens (tertiary/aromatic N) is 1. The minimum Gasteiger partial charge on any atom is -0.378 e. The van der Waals surface area contributed by atoms with Crippen LogP contribution in [0.1, 0.15) is 57.7 Å². The van der Waals surface area contributed by atoms with E-state index in [-0.39, 0.29) is 5.41 Å². The number of ether oxygens (including phenoxy) is 1. The zero-order valence-electron chi connectivity index (χ0n) is 13.2. The Morgan fingerprint density at radius 1 is 1.50 bits per heavy atom. The maximum Gasteiger partial charge on any atom is 0.0944 e.